The summed E-state index contributed by atoms with van der Waals surface area (Å²) < 4.78 is 40.0. The fourth-order valence-corrected chi connectivity index (χ4v) is 2.24. The normalized spacial score (nSPS) is 12.5. The number of benzene rings is 2. The summed E-state index contributed by atoms with van der Waals surface area (Å²) in [5.74, 6) is -0.310. The number of ether oxygens (including phenoxy) is 1. The van der Waals surface area contributed by atoms with E-state index >= 15 is 0 Å². The lowest BCUT2D eigenvalue weighted by atomic mass is 9.99. The van der Waals surface area contributed by atoms with Gasteiger partial charge in [-0.25, -0.2) is 0 Å². The molecule has 0 fully saturated rings. The molecular weight excluding hydrogens is 362 g/mol. The average Bonchev–Trinajstić information content (AvgIpc) is 2.40. The molecular formula is C14H11Cl3F3NO. The van der Waals surface area contributed by atoms with E-state index in [1.807, 2.05) is 0 Å². The number of hydrogen-bond donors (Lipinski definition) is 1. The van der Waals surface area contributed by atoms with Gasteiger partial charge >= 0.3 is 6.36 Å². The van der Waals surface area contributed by atoms with Crippen LogP contribution in [-0.2, 0) is 0 Å². The molecule has 8 heteroatoms. The van der Waals surface area contributed by atoms with Crippen molar-refractivity contribution in [3.05, 3.63) is 63.6 Å². The zero-order chi connectivity index (χ0) is 15.6. The SMILES string of the molecule is Cl.N[C@@H](c1ccc(OC(F)(F)F)cc1)c1cccc(Cl)c1Cl. The van der Waals surface area contributed by atoms with Gasteiger partial charge in [0.2, 0.25) is 0 Å². The van der Waals surface area contributed by atoms with Crippen molar-refractivity contribution in [2.24, 2.45) is 5.73 Å². The molecule has 22 heavy (non-hydrogen) atoms. The number of rotatable bonds is 3. The summed E-state index contributed by atoms with van der Waals surface area (Å²) in [4.78, 5) is 0. The Bertz CT molecular complexity index is 632. The molecule has 2 rings (SSSR count). The minimum absolute atomic E-state index is 0. The summed E-state index contributed by atoms with van der Waals surface area (Å²) >= 11 is 12.0. The highest BCUT2D eigenvalue weighted by atomic mass is 35.5. The lowest BCUT2D eigenvalue weighted by molar-refractivity contribution is -0.274. The Morgan fingerprint density at radius 2 is 1.59 bits per heavy atom. The molecule has 0 saturated heterocycles. The Hall–Kier alpha value is -1.14. The third-order valence-electron chi connectivity index (χ3n) is 2.79. The van der Waals surface area contributed by atoms with Crippen LogP contribution in [-0.4, -0.2) is 6.36 Å². The van der Waals surface area contributed by atoms with Crippen LogP contribution < -0.4 is 10.5 Å². The summed E-state index contributed by atoms with van der Waals surface area (Å²) in [7, 11) is 0. The van der Waals surface area contributed by atoms with Crippen molar-refractivity contribution in [2.75, 3.05) is 0 Å². The maximum atomic E-state index is 12.1. The van der Waals surface area contributed by atoms with Gasteiger partial charge in [0.25, 0.3) is 0 Å². The summed E-state index contributed by atoms with van der Waals surface area (Å²) in [6, 6.07) is 9.72. The van der Waals surface area contributed by atoms with Crippen LogP contribution in [0, 0.1) is 0 Å². The Morgan fingerprint density at radius 1 is 1.00 bits per heavy atom. The first kappa shape index (κ1) is 18.9. The molecule has 0 bridgehead atoms. The Labute approximate surface area is 141 Å². The molecule has 0 amide bonds. The number of hydrogen-bond acceptors (Lipinski definition) is 2. The Morgan fingerprint density at radius 3 is 2.14 bits per heavy atom. The van der Waals surface area contributed by atoms with E-state index in [0.717, 1.165) is 0 Å². The van der Waals surface area contributed by atoms with Crippen LogP contribution in [0.4, 0.5) is 13.2 Å². The van der Waals surface area contributed by atoms with Gasteiger partial charge < -0.3 is 10.5 Å². The first-order valence-electron chi connectivity index (χ1n) is 5.83. The zero-order valence-corrected chi connectivity index (χ0v) is 13.2. The van der Waals surface area contributed by atoms with Gasteiger partial charge in [-0.2, -0.15) is 0 Å². The van der Waals surface area contributed by atoms with Gasteiger partial charge in [-0.3, -0.25) is 0 Å². The van der Waals surface area contributed by atoms with Crippen molar-refractivity contribution in [3.63, 3.8) is 0 Å². The average molecular weight is 373 g/mol. The Balaban J connectivity index is 0.00000242. The van der Waals surface area contributed by atoms with Crippen LogP contribution in [0.1, 0.15) is 17.2 Å². The third kappa shape index (κ3) is 4.68. The van der Waals surface area contributed by atoms with Crippen LogP contribution in [0.3, 0.4) is 0 Å². The van der Waals surface area contributed by atoms with Gasteiger partial charge in [0.1, 0.15) is 5.75 Å². The van der Waals surface area contributed by atoms with E-state index in [2.05, 4.69) is 4.74 Å². The first-order chi connectivity index (χ1) is 9.78. The van der Waals surface area contributed by atoms with E-state index < -0.39 is 12.4 Å². The first-order valence-corrected chi connectivity index (χ1v) is 6.59. The molecule has 2 nitrogen and oxygen atoms in total. The topological polar surface area (TPSA) is 35.2 Å². The number of alkyl halides is 3. The van der Waals surface area contributed by atoms with E-state index in [1.165, 1.54) is 24.3 Å². The third-order valence-corrected chi connectivity index (χ3v) is 3.62. The van der Waals surface area contributed by atoms with Crippen LogP contribution in [0.15, 0.2) is 42.5 Å². The molecule has 0 spiro atoms. The molecule has 2 aromatic rings. The molecule has 120 valence electrons. The second-order valence-electron chi connectivity index (χ2n) is 4.24. The zero-order valence-electron chi connectivity index (χ0n) is 10.9. The molecule has 0 radical (unpaired) electrons. The molecule has 0 aliphatic carbocycles. The lowest BCUT2D eigenvalue weighted by Gasteiger charge is -2.16. The minimum atomic E-state index is -4.72. The highest BCUT2D eigenvalue weighted by Gasteiger charge is 2.31. The number of nitrogens with two attached hydrogens (primary N) is 1. The molecule has 0 aliphatic heterocycles. The predicted octanol–water partition coefficient (Wildman–Crippen LogP) is 5.36. The van der Waals surface area contributed by atoms with Crippen LogP contribution in [0.2, 0.25) is 10.0 Å². The summed E-state index contributed by atoms with van der Waals surface area (Å²) in [5, 5.41) is 0.684. The molecule has 0 unspecified atom stereocenters. The second-order valence-corrected chi connectivity index (χ2v) is 5.02. The van der Waals surface area contributed by atoms with Crippen molar-refractivity contribution in [1.82, 2.24) is 0 Å². The van der Waals surface area contributed by atoms with Crippen LogP contribution >= 0.6 is 35.6 Å². The number of halogens is 6. The molecule has 1 atom stereocenters. The lowest BCUT2D eigenvalue weighted by Crippen LogP contribution is -2.17. The standard InChI is InChI=1S/C14H10Cl2F3NO.ClH/c15-11-3-1-2-10(12(11)16)13(20)8-4-6-9(7-5-8)21-14(17,18)19;/h1-7,13H,20H2;1H/t13-;/m0./s1. The highest BCUT2D eigenvalue weighted by Crippen LogP contribution is 2.32. The van der Waals surface area contributed by atoms with Gasteiger partial charge in [0.15, 0.2) is 0 Å². The molecule has 2 aromatic carbocycles. The van der Waals surface area contributed by atoms with Crippen LogP contribution in [0.5, 0.6) is 5.75 Å². The van der Waals surface area contributed by atoms with Gasteiger partial charge in [-0.15, -0.1) is 25.6 Å². The smallest absolute Gasteiger partial charge is 0.406 e. The van der Waals surface area contributed by atoms with E-state index in [0.29, 0.717) is 21.2 Å². The highest BCUT2D eigenvalue weighted by molar-refractivity contribution is 6.42. The largest absolute Gasteiger partial charge is 0.573 e. The van der Waals surface area contributed by atoms with E-state index in [-0.39, 0.29) is 18.2 Å². The predicted molar refractivity (Wildman–Crippen MR) is 82.9 cm³/mol. The van der Waals surface area contributed by atoms with Gasteiger partial charge in [0.05, 0.1) is 16.1 Å². The molecule has 0 saturated carbocycles. The molecule has 0 aromatic heterocycles. The van der Waals surface area contributed by atoms with Gasteiger partial charge in [-0.1, -0.05) is 47.5 Å². The van der Waals surface area contributed by atoms with Crippen molar-refractivity contribution in [1.29, 1.82) is 0 Å². The van der Waals surface area contributed by atoms with Crippen molar-refractivity contribution >= 4 is 35.6 Å². The fraction of sp³-hybridized carbons (Fsp3) is 0.143. The summed E-state index contributed by atoms with van der Waals surface area (Å²) in [5.41, 5.74) is 7.24. The molecule has 0 heterocycles. The van der Waals surface area contributed by atoms with Crippen molar-refractivity contribution in [2.45, 2.75) is 12.4 Å². The second kappa shape index (κ2) is 7.42. The molecule has 0 aliphatic rings. The molecule has 2 N–H and O–H groups in total. The maximum Gasteiger partial charge on any atom is 0.573 e. The monoisotopic (exact) mass is 371 g/mol. The van der Waals surface area contributed by atoms with Gasteiger partial charge in [0, 0.05) is 0 Å². The van der Waals surface area contributed by atoms with Gasteiger partial charge in [-0.05, 0) is 29.3 Å². The van der Waals surface area contributed by atoms with E-state index in [9.17, 15) is 13.2 Å². The minimum Gasteiger partial charge on any atom is -0.406 e. The summed E-state index contributed by atoms with van der Waals surface area (Å²) in [6.07, 6.45) is -4.72. The fourth-order valence-electron chi connectivity index (χ4n) is 1.82. The van der Waals surface area contributed by atoms with E-state index in [4.69, 9.17) is 28.9 Å². The van der Waals surface area contributed by atoms with Crippen molar-refractivity contribution in [3.8, 4) is 5.75 Å². The Kier molecular flexibility index (Phi) is 6.38. The quantitative estimate of drug-likeness (QED) is 0.787. The van der Waals surface area contributed by atoms with E-state index in [1.54, 1.807) is 18.2 Å². The van der Waals surface area contributed by atoms with Crippen LogP contribution in [0.25, 0.3) is 0 Å². The van der Waals surface area contributed by atoms with Crippen molar-refractivity contribution < 1.29 is 17.9 Å². The summed E-state index contributed by atoms with van der Waals surface area (Å²) in [6.45, 7) is 0. The maximum absolute atomic E-state index is 12.1.